The van der Waals surface area contributed by atoms with Crippen LogP contribution in [0.2, 0.25) is 0 Å². The maximum Gasteiger partial charge on any atom is 0.416 e. The molecule has 0 radical (unpaired) electrons. The van der Waals surface area contributed by atoms with Gasteiger partial charge in [0, 0.05) is 24.7 Å². The molecule has 0 aliphatic heterocycles. The Morgan fingerprint density at radius 3 is 2.18 bits per heavy atom. The molecule has 0 spiro atoms. The molecule has 0 saturated heterocycles. The van der Waals surface area contributed by atoms with Crippen molar-refractivity contribution in [2.75, 3.05) is 5.32 Å². The van der Waals surface area contributed by atoms with Gasteiger partial charge in [-0.2, -0.15) is 13.2 Å². The predicted octanol–water partition coefficient (Wildman–Crippen LogP) is 4.05. The topological polar surface area (TPSA) is 70.2 Å². The molecule has 0 heterocycles. The highest BCUT2D eigenvalue weighted by molar-refractivity contribution is 5.94. The molecule has 5 nitrogen and oxygen atoms in total. The molecule has 0 aromatic heterocycles. The molecule has 0 unspecified atom stereocenters. The third-order valence-electron chi connectivity index (χ3n) is 4.33. The lowest BCUT2D eigenvalue weighted by atomic mass is 10.1. The van der Waals surface area contributed by atoms with Gasteiger partial charge in [-0.1, -0.05) is 24.3 Å². The fraction of sp³-hybridized carbons (Fsp3) is 0.300. The van der Waals surface area contributed by atoms with Gasteiger partial charge in [0.05, 0.1) is 5.56 Å². The zero-order chi connectivity index (χ0) is 20.1. The molecule has 1 aliphatic carbocycles. The fourth-order valence-corrected chi connectivity index (χ4v) is 2.59. The number of hydrogen-bond acceptors (Lipinski definition) is 2. The Bertz CT molecular complexity index is 847. The molecule has 3 N–H and O–H groups in total. The Balaban J connectivity index is 1.44. The SMILES string of the molecule is O=C(NCc1ccc(C(F)(F)F)cc1)NCc1cccc(NC(=O)C2CC2)c1. The second-order valence-corrected chi connectivity index (χ2v) is 6.69. The minimum absolute atomic E-state index is 0.0133. The van der Waals surface area contributed by atoms with Gasteiger partial charge in [0.2, 0.25) is 5.91 Å². The normalized spacial score (nSPS) is 13.7. The van der Waals surface area contributed by atoms with E-state index in [4.69, 9.17) is 0 Å². The molecule has 0 atom stereocenters. The number of nitrogens with one attached hydrogen (secondary N) is 3. The highest BCUT2D eigenvalue weighted by Gasteiger charge is 2.30. The minimum atomic E-state index is -4.38. The summed E-state index contributed by atoms with van der Waals surface area (Å²) in [6.07, 6.45) is -2.53. The molecule has 148 valence electrons. The highest BCUT2D eigenvalue weighted by Crippen LogP contribution is 2.30. The van der Waals surface area contributed by atoms with Crippen LogP contribution >= 0.6 is 0 Å². The van der Waals surface area contributed by atoms with E-state index >= 15 is 0 Å². The summed E-state index contributed by atoms with van der Waals surface area (Å²) < 4.78 is 37.6. The predicted molar refractivity (Wildman–Crippen MR) is 98.3 cm³/mol. The first kappa shape index (κ1) is 19.7. The van der Waals surface area contributed by atoms with Crippen molar-refractivity contribution in [2.45, 2.75) is 32.1 Å². The number of urea groups is 1. The van der Waals surface area contributed by atoms with Crippen molar-refractivity contribution in [2.24, 2.45) is 5.92 Å². The van der Waals surface area contributed by atoms with E-state index in [1.807, 2.05) is 6.07 Å². The fourth-order valence-electron chi connectivity index (χ4n) is 2.59. The Kier molecular flexibility index (Phi) is 5.87. The average molecular weight is 391 g/mol. The first-order chi connectivity index (χ1) is 13.3. The van der Waals surface area contributed by atoms with Gasteiger partial charge in [-0.25, -0.2) is 4.79 Å². The third-order valence-corrected chi connectivity index (χ3v) is 4.33. The largest absolute Gasteiger partial charge is 0.416 e. The molecule has 3 rings (SSSR count). The average Bonchev–Trinajstić information content (AvgIpc) is 3.50. The van der Waals surface area contributed by atoms with Crippen LogP contribution in [0.15, 0.2) is 48.5 Å². The van der Waals surface area contributed by atoms with Crippen LogP contribution in [0.3, 0.4) is 0 Å². The zero-order valence-corrected chi connectivity index (χ0v) is 15.0. The summed E-state index contributed by atoms with van der Waals surface area (Å²) in [6, 6.07) is 11.4. The Morgan fingerprint density at radius 1 is 0.929 bits per heavy atom. The summed E-state index contributed by atoms with van der Waals surface area (Å²) in [5, 5.41) is 8.12. The van der Waals surface area contributed by atoms with Crippen LogP contribution in [0.1, 0.15) is 29.5 Å². The molecule has 3 amide bonds. The molecule has 0 bridgehead atoms. The van der Waals surface area contributed by atoms with Crippen LogP contribution in [-0.4, -0.2) is 11.9 Å². The molecule has 1 aliphatic rings. The number of carbonyl (C=O) groups excluding carboxylic acids is 2. The van der Waals surface area contributed by atoms with Gasteiger partial charge in [0.15, 0.2) is 0 Å². The third kappa shape index (κ3) is 5.73. The lowest BCUT2D eigenvalue weighted by molar-refractivity contribution is -0.137. The van der Waals surface area contributed by atoms with Gasteiger partial charge in [0.1, 0.15) is 0 Å². The van der Waals surface area contributed by atoms with E-state index in [1.165, 1.54) is 12.1 Å². The highest BCUT2D eigenvalue weighted by atomic mass is 19.4. The number of amides is 3. The van der Waals surface area contributed by atoms with Crippen LogP contribution in [0, 0.1) is 5.92 Å². The minimum Gasteiger partial charge on any atom is -0.334 e. The molecular weight excluding hydrogens is 371 g/mol. The Labute approximate surface area is 160 Å². The molecule has 1 saturated carbocycles. The monoisotopic (exact) mass is 391 g/mol. The summed E-state index contributed by atoms with van der Waals surface area (Å²) >= 11 is 0. The van der Waals surface area contributed by atoms with E-state index in [0.29, 0.717) is 11.3 Å². The molecule has 2 aromatic carbocycles. The summed E-state index contributed by atoms with van der Waals surface area (Å²) in [7, 11) is 0. The van der Waals surface area contributed by atoms with Gasteiger partial charge in [-0.05, 0) is 48.2 Å². The smallest absolute Gasteiger partial charge is 0.334 e. The van der Waals surface area contributed by atoms with Gasteiger partial charge >= 0.3 is 12.2 Å². The molecule has 2 aromatic rings. The van der Waals surface area contributed by atoms with Crippen molar-refractivity contribution < 1.29 is 22.8 Å². The number of halogens is 3. The lowest BCUT2D eigenvalue weighted by Gasteiger charge is -2.10. The van der Waals surface area contributed by atoms with E-state index in [1.54, 1.807) is 18.2 Å². The van der Waals surface area contributed by atoms with Crippen molar-refractivity contribution >= 4 is 17.6 Å². The lowest BCUT2D eigenvalue weighted by Crippen LogP contribution is -2.34. The Hall–Kier alpha value is -3.03. The van der Waals surface area contributed by atoms with Crippen molar-refractivity contribution in [3.63, 3.8) is 0 Å². The van der Waals surface area contributed by atoms with E-state index in [-0.39, 0.29) is 24.9 Å². The maximum absolute atomic E-state index is 12.5. The van der Waals surface area contributed by atoms with Crippen LogP contribution < -0.4 is 16.0 Å². The first-order valence-electron chi connectivity index (χ1n) is 8.89. The molecule has 28 heavy (non-hydrogen) atoms. The van der Waals surface area contributed by atoms with Gasteiger partial charge in [-0.3, -0.25) is 4.79 Å². The van der Waals surface area contributed by atoms with Crippen molar-refractivity contribution in [1.82, 2.24) is 10.6 Å². The number of rotatable bonds is 6. The number of anilines is 1. The molecular formula is C20H20F3N3O2. The van der Waals surface area contributed by atoms with E-state index in [0.717, 1.165) is 30.5 Å². The van der Waals surface area contributed by atoms with Crippen LogP contribution in [0.5, 0.6) is 0 Å². The van der Waals surface area contributed by atoms with Crippen molar-refractivity contribution in [3.05, 3.63) is 65.2 Å². The first-order valence-corrected chi connectivity index (χ1v) is 8.89. The second-order valence-electron chi connectivity index (χ2n) is 6.69. The number of hydrogen-bond donors (Lipinski definition) is 3. The summed E-state index contributed by atoms with van der Waals surface area (Å²) in [6.45, 7) is 0.368. The van der Waals surface area contributed by atoms with E-state index in [9.17, 15) is 22.8 Å². The summed E-state index contributed by atoms with van der Waals surface area (Å²) in [5.41, 5.74) is 1.34. The Morgan fingerprint density at radius 2 is 1.57 bits per heavy atom. The summed E-state index contributed by atoms with van der Waals surface area (Å²) in [5.74, 6) is 0.122. The molecule has 1 fully saturated rings. The maximum atomic E-state index is 12.5. The second kappa shape index (κ2) is 8.33. The van der Waals surface area contributed by atoms with E-state index < -0.39 is 17.8 Å². The quantitative estimate of drug-likeness (QED) is 0.695. The number of carbonyl (C=O) groups is 2. The van der Waals surface area contributed by atoms with Crippen LogP contribution in [0.4, 0.5) is 23.7 Å². The summed E-state index contributed by atoms with van der Waals surface area (Å²) in [4.78, 5) is 23.7. The zero-order valence-electron chi connectivity index (χ0n) is 15.0. The van der Waals surface area contributed by atoms with Crippen molar-refractivity contribution in [1.29, 1.82) is 0 Å². The van der Waals surface area contributed by atoms with Gasteiger partial charge < -0.3 is 16.0 Å². The number of benzene rings is 2. The number of alkyl halides is 3. The standard InChI is InChI=1S/C20H20F3N3O2/c21-20(22,23)16-8-4-13(5-9-16)11-24-19(28)25-12-14-2-1-3-17(10-14)26-18(27)15-6-7-15/h1-5,8-10,15H,6-7,11-12H2,(H,26,27)(H2,24,25,28). The van der Waals surface area contributed by atoms with Gasteiger partial charge in [-0.15, -0.1) is 0 Å². The molecule has 8 heteroatoms. The van der Waals surface area contributed by atoms with Crippen LogP contribution in [-0.2, 0) is 24.1 Å². The van der Waals surface area contributed by atoms with E-state index in [2.05, 4.69) is 16.0 Å². The van der Waals surface area contributed by atoms with Gasteiger partial charge in [0.25, 0.3) is 0 Å². The van der Waals surface area contributed by atoms with Crippen LogP contribution in [0.25, 0.3) is 0 Å². The van der Waals surface area contributed by atoms with Crippen molar-refractivity contribution in [3.8, 4) is 0 Å².